The molecule has 0 unspecified atom stereocenters. The average Bonchev–Trinajstić information content (AvgIpc) is 2.53. The van der Waals surface area contributed by atoms with Crippen LogP contribution in [0.1, 0.15) is 19.4 Å². The molecule has 8 heteroatoms. The van der Waals surface area contributed by atoms with Gasteiger partial charge in [-0.05, 0) is 5.56 Å². The molecule has 0 atom stereocenters. The van der Waals surface area contributed by atoms with Crippen LogP contribution in [0.15, 0.2) is 35.3 Å². The Kier molecular flexibility index (Phi) is 11.2. The summed E-state index contributed by atoms with van der Waals surface area (Å²) >= 11 is 0. The Bertz CT molecular complexity index is 589. The van der Waals surface area contributed by atoms with Crippen molar-refractivity contribution in [2.45, 2.75) is 20.4 Å². The molecule has 1 rings (SSSR count). The summed E-state index contributed by atoms with van der Waals surface area (Å²) in [6, 6.07) is 10.1. The van der Waals surface area contributed by atoms with Crippen LogP contribution in [0.4, 0.5) is 0 Å². The van der Waals surface area contributed by atoms with Gasteiger partial charge < -0.3 is 10.2 Å². The van der Waals surface area contributed by atoms with Crippen molar-refractivity contribution in [1.29, 1.82) is 0 Å². The molecule has 0 amide bonds. The lowest BCUT2D eigenvalue weighted by molar-refractivity contribution is 0.443. The van der Waals surface area contributed by atoms with Gasteiger partial charge in [0.15, 0.2) is 5.96 Å². The van der Waals surface area contributed by atoms with Crippen molar-refractivity contribution >= 4 is 40.0 Å². The Morgan fingerprint density at radius 1 is 1.17 bits per heavy atom. The molecule has 0 fully saturated rings. The van der Waals surface area contributed by atoms with Crippen LogP contribution in [0.5, 0.6) is 0 Å². The van der Waals surface area contributed by atoms with E-state index >= 15 is 0 Å². The second kappa shape index (κ2) is 11.6. The Morgan fingerprint density at radius 2 is 1.75 bits per heavy atom. The topological polar surface area (TPSA) is 65.0 Å². The van der Waals surface area contributed by atoms with Gasteiger partial charge in [-0.1, -0.05) is 44.2 Å². The molecule has 0 bridgehead atoms. The lowest BCUT2D eigenvalue weighted by atomic mass is 10.2. The van der Waals surface area contributed by atoms with Crippen molar-refractivity contribution in [2.75, 3.05) is 39.5 Å². The third kappa shape index (κ3) is 7.35. The fourth-order valence-electron chi connectivity index (χ4n) is 2.35. The Balaban J connectivity index is 0.00000529. The van der Waals surface area contributed by atoms with E-state index in [0.29, 0.717) is 32.1 Å². The van der Waals surface area contributed by atoms with E-state index in [2.05, 4.69) is 22.4 Å². The van der Waals surface area contributed by atoms with Gasteiger partial charge >= 0.3 is 0 Å². The average molecular weight is 468 g/mol. The molecule has 0 radical (unpaired) electrons. The van der Waals surface area contributed by atoms with Crippen LogP contribution < -0.4 is 5.32 Å². The number of nitrogens with one attached hydrogen (secondary N) is 1. The molecular weight excluding hydrogens is 439 g/mol. The SMILES string of the molecule is CCN(CC)S(=O)(=O)CCNC(=NC)N(C)Cc1ccccc1.I. The molecule has 1 N–H and O–H groups in total. The molecule has 1 aromatic carbocycles. The van der Waals surface area contributed by atoms with Crippen LogP contribution in [0.2, 0.25) is 0 Å². The van der Waals surface area contributed by atoms with E-state index in [1.165, 1.54) is 9.87 Å². The third-order valence-electron chi connectivity index (χ3n) is 3.58. The predicted octanol–water partition coefficient (Wildman–Crippen LogP) is 1.98. The van der Waals surface area contributed by atoms with E-state index < -0.39 is 10.0 Å². The van der Waals surface area contributed by atoms with Crippen LogP contribution in [-0.4, -0.2) is 63.1 Å². The van der Waals surface area contributed by atoms with Crippen molar-refractivity contribution in [3.8, 4) is 0 Å². The number of sulfonamides is 1. The summed E-state index contributed by atoms with van der Waals surface area (Å²) in [4.78, 5) is 6.18. The molecule has 0 aliphatic carbocycles. The van der Waals surface area contributed by atoms with Gasteiger partial charge in [0.2, 0.25) is 10.0 Å². The number of hydrogen-bond acceptors (Lipinski definition) is 3. The van der Waals surface area contributed by atoms with E-state index in [0.717, 1.165) is 0 Å². The number of hydrogen-bond donors (Lipinski definition) is 1. The van der Waals surface area contributed by atoms with Crippen LogP contribution in [0, 0.1) is 0 Å². The van der Waals surface area contributed by atoms with Crippen molar-refractivity contribution in [3.63, 3.8) is 0 Å². The fraction of sp³-hybridized carbons (Fsp3) is 0.562. The summed E-state index contributed by atoms with van der Waals surface area (Å²) < 4.78 is 25.8. The van der Waals surface area contributed by atoms with Gasteiger partial charge in [0, 0.05) is 40.3 Å². The third-order valence-corrected chi connectivity index (χ3v) is 5.60. The summed E-state index contributed by atoms with van der Waals surface area (Å²) in [6.07, 6.45) is 0. The summed E-state index contributed by atoms with van der Waals surface area (Å²) in [5.41, 5.74) is 1.17. The minimum absolute atomic E-state index is 0. The molecule has 0 aromatic heterocycles. The van der Waals surface area contributed by atoms with Crippen molar-refractivity contribution in [1.82, 2.24) is 14.5 Å². The van der Waals surface area contributed by atoms with E-state index in [1.807, 2.05) is 44.0 Å². The van der Waals surface area contributed by atoms with E-state index in [9.17, 15) is 8.42 Å². The normalized spacial score (nSPS) is 12.0. The number of rotatable bonds is 8. The second-order valence-electron chi connectivity index (χ2n) is 5.22. The highest BCUT2D eigenvalue weighted by Crippen LogP contribution is 2.03. The lowest BCUT2D eigenvalue weighted by Crippen LogP contribution is -2.42. The van der Waals surface area contributed by atoms with Crippen molar-refractivity contribution in [3.05, 3.63) is 35.9 Å². The Labute approximate surface area is 163 Å². The molecule has 0 spiro atoms. The number of guanidine groups is 1. The maximum atomic E-state index is 12.2. The highest BCUT2D eigenvalue weighted by atomic mass is 127. The van der Waals surface area contributed by atoms with Crippen LogP contribution in [0.25, 0.3) is 0 Å². The van der Waals surface area contributed by atoms with Gasteiger partial charge in [-0.2, -0.15) is 0 Å². The van der Waals surface area contributed by atoms with Gasteiger partial charge in [-0.25, -0.2) is 12.7 Å². The zero-order valence-electron chi connectivity index (χ0n) is 14.9. The molecule has 24 heavy (non-hydrogen) atoms. The van der Waals surface area contributed by atoms with E-state index in [1.54, 1.807) is 7.05 Å². The smallest absolute Gasteiger partial charge is 0.215 e. The van der Waals surface area contributed by atoms with Gasteiger partial charge in [0.1, 0.15) is 0 Å². The van der Waals surface area contributed by atoms with Gasteiger partial charge in [0.25, 0.3) is 0 Å². The van der Waals surface area contributed by atoms with Crippen molar-refractivity contribution < 1.29 is 8.42 Å². The standard InChI is InChI=1S/C16H28N4O2S.HI/c1-5-20(6-2)23(21,22)13-12-18-16(17-3)19(4)14-15-10-8-7-9-11-15;/h7-11H,5-6,12-14H2,1-4H3,(H,17,18);1H. The lowest BCUT2D eigenvalue weighted by Gasteiger charge is -2.23. The van der Waals surface area contributed by atoms with Gasteiger partial charge in [-0.15, -0.1) is 24.0 Å². The summed E-state index contributed by atoms with van der Waals surface area (Å²) in [5, 5.41) is 3.12. The monoisotopic (exact) mass is 468 g/mol. The largest absolute Gasteiger partial charge is 0.355 e. The van der Waals surface area contributed by atoms with Crippen LogP contribution >= 0.6 is 24.0 Å². The molecule has 1 aromatic rings. The highest BCUT2D eigenvalue weighted by molar-refractivity contribution is 14.0. The molecule has 0 saturated heterocycles. The van der Waals surface area contributed by atoms with Crippen LogP contribution in [0.3, 0.4) is 0 Å². The molecule has 0 saturated carbocycles. The molecule has 0 aliphatic rings. The van der Waals surface area contributed by atoms with E-state index in [4.69, 9.17) is 0 Å². The highest BCUT2D eigenvalue weighted by Gasteiger charge is 2.18. The number of nitrogens with zero attached hydrogens (tertiary/aromatic N) is 3. The second-order valence-corrected chi connectivity index (χ2v) is 7.30. The molecule has 0 aliphatic heterocycles. The summed E-state index contributed by atoms with van der Waals surface area (Å²) in [6.45, 7) is 5.75. The number of halogens is 1. The predicted molar refractivity (Wildman–Crippen MR) is 111 cm³/mol. The van der Waals surface area contributed by atoms with Gasteiger partial charge in [-0.3, -0.25) is 4.99 Å². The maximum Gasteiger partial charge on any atom is 0.215 e. The summed E-state index contributed by atoms with van der Waals surface area (Å²) in [5.74, 6) is 0.746. The quantitative estimate of drug-likeness (QED) is 0.360. The summed E-state index contributed by atoms with van der Waals surface area (Å²) in [7, 11) is 0.415. The first-order chi connectivity index (χ1) is 10.9. The first kappa shape index (κ1) is 23.1. The van der Waals surface area contributed by atoms with E-state index in [-0.39, 0.29) is 29.7 Å². The molecular formula is C16H29IN4O2S. The van der Waals surface area contributed by atoms with Gasteiger partial charge in [0.05, 0.1) is 5.75 Å². The first-order valence-corrected chi connectivity index (χ1v) is 9.49. The molecule has 0 heterocycles. The number of aliphatic imine (C=N–C) groups is 1. The fourth-order valence-corrected chi connectivity index (χ4v) is 3.76. The van der Waals surface area contributed by atoms with Crippen LogP contribution in [-0.2, 0) is 16.6 Å². The molecule has 6 nitrogen and oxygen atoms in total. The minimum atomic E-state index is -3.21. The van der Waals surface area contributed by atoms with Crippen molar-refractivity contribution in [2.24, 2.45) is 4.99 Å². The maximum absolute atomic E-state index is 12.2. The zero-order valence-corrected chi connectivity index (χ0v) is 18.0. The first-order valence-electron chi connectivity index (χ1n) is 7.88. The molecule has 138 valence electrons. The zero-order chi connectivity index (χ0) is 17.3. The minimum Gasteiger partial charge on any atom is -0.355 e. The number of benzene rings is 1. The Morgan fingerprint density at radius 3 is 2.25 bits per heavy atom. The Hall–Kier alpha value is -0.870.